The Kier molecular flexibility index (Phi) is 9.06. The summed E-state index contributed by atoms with van der Waals surface area (Å²) in [4.78, 5) is 5.22. The standard InChI is InChI=1S/C16H19Cl4NO3/c1-16(2,3)24-21-6-4-7-23-15-12(17)9-11(10-13(15)18)22-8-5-14(19)20/h5-6,9-10H,4,7-8H2,1-3H3. The fourth-order valence-electron chi connectivity index (χ4n) is 1.42. The molecule has 0 atom stereocenters. The summed E-state index contributed by atoms with van der Waals surface area (Å²) in [5, 5.41) is 4.56. The molecule has 0 aliphatic rings. The molecule has 0 spiro atoms. The average molecular weight is 415 g/mol. The highest BCUT2D eigenvalue weighted by Gasteiger charge is 2.11. The molecule has 4 nitrogen and oxygen atoms in total. The number of benzene rings is 1. The fraction of sp³-hybridized carbons (Fsp3) is 0.438. The smallest absolute Gasteiger partial charge is 0.156 e. The molecule has 0 heterocycles. The molecule has 0 aliphatic heterocycles. The van der Waals surface area contributed by atoms with E-state index in [1.165, 1.54) is 6.08 Å². The van der Waals surface area contributed by atoms with Gasteiger partial charge in [0.2, 0.25) is 0 Å². The van der Waals surface area contributed by atoms with Gasteiger partial charge in [-0.2, -0.15) is 0 Å². The quantitative estimate of drug-likeness (QED) is 0.286. The molecular formula is C16H19Cl4NO3. The summed E-state index contributed by atoms with van der Waals surface area (Å²) in [5.74, 6) is 0.880. The zero-order valence-electron chi connectivity index (χ0n) is 13.6. The van der Waals surface area contributed by atoms with Crippen molar-refractivity contribution in [3.05, 3.63) is 32.7 Å². The summed E-state index contributed by atoms with van der Waals surface area (Å²) in [6.07, 6.45) is 3.70. The highest BCUT2D eigenvalue weighted by atomic mass is 35.5. The maximum atomic E-state index is 6.16. The third-order valence-corrected chi connectivity index (χ3v) is 3.22. The molecule has 0 unspecified atom stereocenters. The van der Waals surface area contributed by atoms with Crippen LogP contribution in [-0.2, 0) is 4.84 Å². The van der Waals surface area contributed by atoms with Gasteiger partial charge in [0.05, 0.1) is 16.7 Å². The molecule has 0 bridgehead atoms. The Hall–Kier alpha value is -0.810. The van der Waals surface area contributed by atoms with E-state index in [2.05, 4.69) is 5.16 Å². The van der Waals surface area contributed by atoms with Gasteiger partial charge in [-0.25, -0.2) is 0 Å². The second-order valence-corrected chi connectivity index (χ2v) is 7.47. The van der Waals surface area contributed by atoms with Crippen molar-refractivity contribution in [2.75, 3.05) is 13.2 Å². The predicted octanol–water partition coefficient (Wildman–Crippen LogP) is 6.26. The van der Waals surface area contributed by atoms with Crippen LogP contribution in [0, 0.1) is 0 Å². The first-order valence-corrected chi connectivity index (χ1v) is 8.66. The molecule has 134 valence electrons. The van der Waals surface area contributed by atoms with Crippen LogP contribution < -0.4 is 9.47 Å². The van der Waals surface area contributed by atoms with E-state index in [1.54, 1.807) is 18.3 Å². The molecule has 0 fully saturated rings. The maximum absolute atomic E-state index is 6.16. The van der Waals surface area contributed by atoms with Crippen molar-refractivity contribution in [1.82, 2.24) is 0 Å². The molecule has 1 rings (SSSR count). The van der Waals surface area contributed by atoms with Crippen molar-refractivity contribution in [3.63, 3.8) is 0 Å². The van der Waals surface area contributed by atoms with E-state index in [4.69, 9.17) is 60.7 Å². The van der Waals surface area contributed by atoms with Gasteiger partial charge in [-0.3, -0.25) is 0 Å². The van der Waals surface area contributed by atoms with Gasteiger partial charge in [-0.15, -0.1) is 0 Å². The zero-order chi connectivity index (χ0) is 18.2. The van der Waals surface area contributed by atoms with Crippen LogP contribution in [0.15, 0.2) is 27.9 Å². The first-order chi connectivity index (χ1) is 11.2. The van der Waals surface area contributed by atoms with Gasteiger partial charge in [0.1, 0.15) is 22.4 Å². The van der Waals surface area contributed by atoms with E-state index in [0.717, 1.165) is 0 Å². The number of hydrogen-bond acceptors (Lipinski definition) is 4. The van der Waals surface area contributed by atoms with Gasteiger partial charge in [0.25, 0.3) is 0 Å². The minimum Gasteiger partial charge on any atom is -0.490 e. The van der Waals surface area contributed by atoms with Crippen LogP contribution in [0.4, 0.5) is 0 Å². The lowest BCUT2D eigenvalue weighted by atomic mass is 10.2. The number of ether oxygens (including phenoxy) is 2. The van der Waals surface area contributed by atoms with Crippen molar-refractivity contribution in [2.24, 2.45) is 5.16 Å². The van der Waals surface area contributed by atoms with Crippen molar-refractivity contribution in [1.29, 1.82) is 0 Å². The van der Waals surface area contributed by atoms with Crippen LogP contribution in [0.2, 0.25) is 10.0 Å². The second-order valence-electron chi connectivity index (χ2n) is 5.65. The van der Waals surface area contributed by atoms with Crippen molar-refractivity contribution >= 4 is 52.6 Å². The number of halogens is 4. The molecule has 0 saturated heterocycles. The molecule has 8 heteroatoms. The third-order valence-electron chi connectivity index (χ3n) is 2.35. The Morgan fingerprint density at radius 2 is 1.75 bits per heavy atom. The molecule has 1 aromatic carbocycles. The summed E-state index contributed by atoms with van der Waals surface area (Å²) >= 11 is 23.3. The molecule has 0 N–H and O–H groups in total. The monoisotopic (exact) mass is 413 g/mol. The minimum absolute atomic E-state index is 0.129. The van der Waals surface area contributed by atoms with Gasteiger partial charge >= 0.3 is 0 Å². The summed E-state index contributed by atoms with van der Waals surface area (Å²) in [7, 11) is 0. The first-order valence-electron chi connectivity index (χ1n) is 7.15. The molecule has 0 aliphatic carbocycles. The van der Waals surface area contributed by atoms with E-state index in [1.807, 2.05) is 20.8 Å². The molecule has 0 radical (unpaired) electrons. The highest BCUT2D eigenvalue weighted by Crippen LogP contribution is 2.37. The summed E-state index contributed by atoms with van der Waals surface area (Å²) < 4.78 is 11.1. The van der Waals surface area contributed by atoms with E-state index in [0.29, 0.717) is 34.6 Å². The van der Waals surface area contributed by atoms with Crippen LogP contribution in [0.25, 0.3) is 0 Å². The van der Waals surface area contributed by atoms with Gasteiger partial charge in [-0.1, -0.05) is 51.6 Å². The van der Waals surface area contributed by atoms with Crippen LogP contribution >= 0.6 is 46.4 Å². The van der Waals surface area contributed by atoms with Crippen LogP contribution in [0.3, 0.4) is 0 Å². The number of rotatable bonds is 8. The van der Waals surface area contributed by atoms with Crippen LogP contribution in [0.5, 0.6) is 11.5 Å². The van der Waals surface area contributed by atoms with E-state index in [9.17, 15) is 0 Å². The minimum atomic E-state index is -0.317. The van der Waals surface area contributed by atoms with Crippen molar-refractivity contribution in [3.8, 4) is 11.5 Å². The Labute approximate surface area is 162 Å². The Bertz CT molecular complexity index is 570. The molecule has 0 saturated carbocycles. The average Bonchev–Trinajstić information content (AvgIpc) is 2.43. The molecule has 1 aromatic rings. The van der Waals surface area contributed by atoms with Crippen LogP contribution in [0.1, 0.15) is 27.2 Å². The topological polar surface area (TPSA) is 40.0 Å². The molecule has 24 heavy (non-hydrogen) atoms. The fourth-order valence-corrected chi connectivity index (χ4v) is 2.12. The Morgan fingerprint density at radius 3 is 2.29 bits per heavy atom. The van der Waals surface area contributed by atoms with E-state index < -0.39 is 0 Å². The number of hydrogen-bond donors (Lipinski definition) is 0. The summed E-state index contributed by atoms with van der Waals surface area (Å²) in [5.41, 5.74) is -0.317. The molecule has 0 aromatic heterocycles. The van der Waals surface area contributed by atoms with Crippen molar-refractivity contribution in [2.45, 2.75) is 32.8 Å². The Balaban J connectivity index is 2.53. The zero-order valence-corrected chi connectivity index (χ0v) is 16.6. The van der Waals surface area contributed by atoms with Gasteiger partial charge in [0, 0.05) is 24.8 Å². The second kappa shape index (κ2) is 10.2. The molecule has 0 amide bonds. The Morgan fingerprint density at radius 1 is 1.12 bits per heavy atom. The lowest BCUT2D eigenvalue weighted by molar-refractivity contribution is 0.00148. The lowest BCUT2D eigenvalue weighted by Crippen LogP contribution is -2.15. The highest BCUT2D eigenvalue weighted by molar-refractivity contribution is 6.55. The van der Waals surface area contributed by atoms with E-state index in [-0.39, 0.29) is 16.7 Å². The predicted molar refractivity (Wildman–Crippen MR) is 101 cm³/mol. The largest absolute Gasteiger partial charge is 0.490 e. The first kappa shape index (κ1) is 21.2. The summed E-state index contributed by atoms with van der Waals surface area (Å²) in [6, 6.07) is 3.21. The van der Waals surface area contributed by atoms with Crippen LogP contribution in [-0.4, -0.2) is 25.0 Å². The number of oxime groups is 1. The summed E-state index contributed by atoms with van der Waals surface area (Å²) in [6.45, 7) is 6.32. The molecular weight excluding hydrogens is 396 g/mol. The number of nitrogens with zero attached hydrogens (tertiary/aromatic N) is 1. The normalized spacial score (nSPS) is 11.5. The lowest BCUT2D eigenvalue weighted by Gasteiger charge is -2.15. The SMILES string of the molecule is CC(C)(C)ON=CCCOc1c(Cl)cc(OCC=C(Cl)Cl)cc1Cl. The van der Waals surface area contributed by atoms with Gasteiger partial charge < -0.3 is 14.3 Å². The van der Waals surface area contributed by atoms with Gasteiger partial charge in [-0.05, 0) is 26.8 Å². The van der Waals surface area contributed by atoms with E-state index >= 15 is 0 Å². The third kappa shape index (κ3) is 8.88. The van der Waals surface area contributed by atoms with Gasteiger partial charge in [0.15, 0.2) is 5.75 Å². The maximum Gasteiger partial charge on any atom is 0.156 e. The van der Waals surface area contributed by atoms with Crippen molar-refractivity contribution < 1.29 is 14.3 Å².